The molecule has 0 amide bonds. The third-order valence-electron chi connectivity index (χ3n) is 3.87. The Bertz CT molecular complexity index is 547. The molecule has 3 rings (SSSR count). The first-order valence-corrected chi connectivity index (χ1v) is 7.42. The van der Waals surface area contributed by atoms with Gasteiger partial charge in [-0.2, -0.15) is 0 Å². The fraction of sp³-hybridized carbons (Fsp3) is 0.375. The molecule has 1 saturated heterocycles. The summed E-state index contributed by atoms with van der Waals surface area (Å²) in [5, 5.41) is 2.63. The van der Waals surface area contributed by atoms with Crippen LogP contribution in [0.25, 0.3) is 10.8 Å². The lowest BCUT2D eigenvalue weighted by Gasteiger charge is -2.35. The highest BCUT2D eigenvalue weighted by Crippen LogP contribution is 2.23. The van der Waals surface area contributed by atoms with E-state index in [9.17, 15) is 0 Å². The summed E-state index contributed by atoms with van der Waals surface area (Å²) in [5.74, 6) is 0.732. The van der Waals surface area contributed by atoms with Crippen LogP contribution in [0.3, 0.4) is 0 Å². The normalized spacial score (nSPS) is 17.0. The van der Waals surface area contributed by atoms with Gasteiger partial charge in [-0.3, -0.25) is 4.90 Å². The number of rotatable bonds is 3. The van der Waals surface area contributed by atoms with Crippen LogP contribution in [0.15, 0.2) is 42.5 Å². The van der Waals surface area contributed by atoms with Crippen LogP contribution in [0.2, 0.25) is 0 Å². The molecule has 2 aromatic rings. The van der Waals surface area contributed by atoms with Gasteiger partial charge >= 0.3 is 0 Å². The molecule has 0 saturated carbocycles. The van der Waals surface area contributed by atoms with Crippen molar-refractivity contribution in [3.05, 3.63) is 42.5 Å². The van der Waals surface area contributed by atoms with Crippen LogP contribution >= 0.6 is 11.6 Å². The van der Waals surface area contributed by atoms with E-state index in [1.165, 1.54) is 16.5 Å². The molecule has 0 aliphatic carbocycles. The second-order valence-corrected chi connectivity index (χ2v) is 5.43. The van der Waals surface area contributed by atoms with E-state index < -0.39 is 0 Å². The Balaban J connectivity index is 1.74. The van der Waals surface area contributed by atoms with E-state index in [0.717, 1.165) is 38.6 Å². The predicted molar refractivity (Wildman–Crippen MR) is 83.3 cm³/mol. The Hall–Kier alpha value is -1.25. The Morgan fingerprint density at radius 3 is 2.37 bits per heavy atom. The minimum absolute atomic E-state index is 0.732. The number of nitrogens with zero attached hydrogens (tertiary/aromatic N) is 2. The zero-order valence-electron chi connectivity index (χ0n) is 11.1. The zero-order chi connectivity index (χ0) is 13.1. The van der Waals surface area contributed by atoms with Gasteiger partial charge in [-0.25, -0.2) is 0 Å². The smallest absolute Gasteiger partial charge is 0.0373 e. The molecule has 1 fully saturated rings. The molecule has 1 aliphatic rings. The highest BCUT2D eigenvalue weighted by molar-refractivity contribution is 6.18. The van der Waals surface area contributed by atoms with Crippen LogP contribution in [0.4, 0.5) is 5.69 Å². The number of hydrogen-bond donors (Lipinski definition) is 0. The Morgan fingerprint density at radius 1 is 0.895 bits per heavy atom. The van der Waals surface area contributed by atoms with Gasteiger partial charge in [-0.15, -0.1) is 11.6 Å². The first kappa shape index (κ1) is 12.8. The Labute approximate surface area is 119 Å². The third kappa shape index (κ3) is 2.85. The molecule has 2 aromatic carbocycles. The molecule has 3 heteroatoms. The average molecular weight is 275 g/mol. The van der Waals surface area contributed by atoms with Gasteiger partial charge in [0, 0.05) is 44.3 Å². The lowest BCUT2D eigenvalue weighted by molar-refractivity contribution is 0.272. The van der Waals surface area contributed by atoms with E-state index in [0.29, 0.717) is 0 Å². The molecule has 0 bridgehead atoms. The molecule has 2 nitrogen and oxygen atoms in total. The van der Waals surface area contributed by atoms with Crippen LogP contribution in [0.1, 0.15) is 0 Å². The predicted octanol–water partition coefficient (Wildman–Crippen LogP) is 3.20. The highest BCUT2D eigenvalue weighted by atomic mass is 35.5. The summed E-state index contributed by atoms with van der Waals surface area (Å²) in [6, 6.07) is 15.3. The summed E-state index contributed by atoms with van der Waals surface area (Å²) in [6.07, 6.45) is 0. The molecule has 1 aliphatic heterocycles. The van der Waals surface area contributed by atoms with Crippen molar-refractivity contribution < 1.29 is 0 Å². The van der Waals surface area contributed by atoms with Crippen LogP contribution in [-0.4, -0.2) is 43.5 Å². The van der Waals surface area contributed by atoms with Crippen molar-refractivity contribution in [1.82, 2.24) is 4.90 Å². The second-order valence-electron chi connectivity index (χ2n) is 5.05. The van der Waals surface area contributed by atoms with Gasteiger partial charge in [-0.1, -0.05) is 30.3 Å². The third-order valence-corrected chi connectivity index (χ3v) is 4.04. The fourth-order valence-corrected chi connectivity index (χ4v) is 2.96. The summed E-state index contributed by atoms with van der Waals surface area (Å²) in [7, 11) is 0. The molecule has 0 atom stereocenters. The summed E-state index contributed by atoms with van der Waals surface area (Å²) >= 11 is 5.80. The minimum Gasteiger partial charge on any atom is -0.369 e. The van der Waals surface area contributed by atoms with Crippen molar-refractivity contribution in [2.24, 2.45) is 0 Å². The van der Waals surface area contributed by atoms with Crippen molar-refractivity contribution in [3.63, 3.8) is 0 Å². The molecule has 19 heavy (non-hydrogen) atoms. The first-order chi connectivity index (χ1) is 9.36. The number of fused-ring (bicyclic) bond motifs is 1. The SMILES string of the molecule is ClCCN1CCN(c2ccc3ccccc3c2)CC1. The lowest BCUT2D eigenvalue weighted by atomic mass is 10.1. The fourth-order valence-electron chi connectivity index (χ4n) is 2.72. The highest BCUT2D eigenvalue weighted by Gasteiger charge is 2.16. The van der Waals surface area contributed by atoms with Gasteiger partial charge in [0.2, 0.25) is 0 Å². The average Bonchev–Trinajstić information content (AvgIpc) is 2.48. The van der Waals surface area contributed by atoms with E-state index in [1.807, 2.05) is 0 Å². The molecule has 0 unspecified atom stereocenters. The van der Waals surface area contributed by atoms with E-state index in [4.69, 9.17) is 11.6 Å². The Morgan fingerprint density at radius 2 is 1.63 bits per heavy atom. The molecule has 0 spiro atoms. The van der Waals surface area contributed by atoms with Crippen molar-refractivity contribution in [2.45, 2.75) is 0 Å². The van der Waals surface area contributed by atoms with Crippen LogP contribution in [0.5, 0.6) is 0 Å². The van der Waals surface area contributed by atoms with Crippen LogP contribution in [-0.2, 0) is 0 Å². The van der Waals surface area contributed by atoms with Gasteiger partial charge in [0.1, 0.15) is 0 Å². The molecular formula is C16H19ClN2. The number of piperazine rings is 1. The number of anilines is 1. The van der Waals surface area contributed by atoms with Crippen molar-refractivity contribution in [1.29, 1.82) is 0 Å². The Kier molecular flexibility index (Phi) is 3.90. The van der Waals surface area contributed by atoms with E-state index in [-0.39, 0.29) is 0 Å². The van der Waals surface area contributed by atoms with Gasteiger partial charge in [0.05, 0.1) is 0 Å². The monoisotopic (exact) mass is 274 g/mol. The van der Waals surface area contributed by atoms with Crippen molar-refractivity contribution in [2.75, 3.05) is 43.5 Å². The van der Waals surface area contributed by atoms with Gasteiger partial charge in [0.25, 0.3) is 0 Å². The molecule has 100 valence electrons. The van der Waals surface area contributed by atoms with Crippen molar-refractivity contribution >= 4 is 28.1 Å². The largest absolute Gasteiger partial charge is 0.369 e. The topological polar surface area (TPSA) is 6.48 Å². The van der Waals surface area contributed by atoms with Gasteiger partial charge in [0.15, 0.2) is 0 Å². The maximum Gasteiger partial charge on any atom is 0.0373 e. The van der Waals surface area contributed by atoms with Gasteiger partial charge < -0.3 is 4.90 Å². The summed E-state index contributed by atoms with van der Waals surface area (Å²) in [4.78, 5) is 4.90. The standard InChI is InChI=1S/C16H19ClN2/c17-7-8-18-9-11-19(12-10-18)16-6-5-14-3-1-2-4-15(14)13-16/h1-6,13H,7-12H2. The second kappa shape index (κ2) is 5.81. The van der Waals surface area contributed by atoms with Crippen molar-refractivity contribution in [3.8, 4) is 0 Å². The summed E-state index contributed by atoms with van der Waals surface area (Å²) < 4.78 is 0. The van der Waals surface area contributed by atoms with Crippen LogP contribution in [0, 0.1) is 0 Å². The van der Waals surface area contributed by atoms with Gasteiger partial charge in [-0.05, 0) is 22.9 Å². The van der Waals surface area contributed by atoms with Crippen LogP contribution < -0.4 is 4.90 Å². The minimum atomic E-state index is 0.732. The number of halogens is 1. The maximum absolute atomic E-state index is 5.80. The molecule has 1 heterocycles. The molecule has 0 N–H and O–H groups in total. The number of hydrogen-bond acceptors (Lipinski definition) is 2. The number of benzene rings is 2. The molecule has 0 radical (unpaired) electrons. The molecule has 0 aromatic heterocycles. The lowest BCUT2D eigenvalue weighted by Crippen LogP contribution is -2.46. The first-order valence-electron chi connectivity index (χ1n) is 6.89. The van der Waals surface area contributed by atoms with E-state index in [2.05, 4.69) is 52.3 Å². The quantitative estimate of drug-likeness (QED) is 0.793. The van der Waals surface area contributed by atoms with E-state index >= 15 is 0 Å². The molecular weight excluding hydrogens is 256 g/mol. The number of alkyl halides is 1. The maximum atomic E-state index is 5.80. The summed E-state index contributed by atoms with van der Waals surface area (Å²) in [6.45, 7) is 5.41. The summed E-state index contributed by atoms with van der Waals surface area (Å²) in [5.41, 5.74) is 1.34. The zero-order valence-corrected chi connectivity index (χ0v) is 11.8. The van der Waals surface area contributed by atoms with E-state index in [1.54, 1.807) is 0 Å².